The molecule has 1 aliphatic rings. The van der Waals surface area contributed by atoms with E-state index in [1.54, 1.807) is 0 Å². The standard InChI is InChI=1S/C14H20BrNO4/c1-3-5-7-19-13(17)10-9-11(15)16-12(10)14(18)20-8-6-4-2/h3-9H2,1-2H3. The summed E-state index contributed by atoms with van der Waals surface area (Å²) in [4.78, 5) is 27.9. The van der Waals surface area contributed by atoms with E-state index in [0.717, 1.165) is 25.7 Å². The molecule has 0 N–H and O–H groups in total. The van der Waals surface area contributed by atoms with Gasteiger partial charge in [0.05, 0.1) is 23.4 Å². The molecule has 112 valence electrons. The molecular weight excluding hydrogens is 326 g/mol. The van der Waals surface area contributed by atoms with Crippen molar-refractivity contribution >= 4 is 32.5 Å². The third-order valence-electron chi connectivity index (χ3n) is 2.74. The first-order chi connectivity index (χ1) is 9.60. The highest BCUT2D eigenvalue weighted by molar-refractivity contribution is 9.18. The number of ether oxygens (including phenoxy) is 2. The van der Waals surface area contributed by atoms with Gasteiger partial charge in [0.15, 0.2) is 5.70 Å². The highest BCUT2D eigenvalue weighted by atomic mass is 79.9. The quantitative estimate of drug-likeness (QED) is 0.500. The van der Waals surface area contributed by atoms with Crippen LogP contribution in [0.15, 0.2) is 16.3 Å². The zero-order chi connectivity index (χ0) is 15.0. The number of hydrogen-bond acceptors (Lipinski definition) is 5. The average molecular weight is 346 g/mol. The van der Waals surface area contributed by atoms with E-state index in [0.29, 0.717) is 17.8 Å². The van der Waals surface area contributed by atoms with E-state index in [9.17, 15) is 9.59 Å². The topological polar surface area (TPSA) is 65.0 Å². The monoisotopic (exact) mass is 345 g/mol. The van der Waals surface area contributed by atoms with E-state index in [2.05, 4.69) is 20.9 Å². The van der Waals surface area contributed by atoms with Gasteiger partial charge in [0.25, 0.3) is 0 Å². The first kappa shape index (κ1) is 16.9. The number of nitrogens with zero attached hydrogens (tertiary/aromatic N) is 1. The lowest BCUT2D eigenvalue weighted by Gasteiger charge is -2.07. The van der Waals surface area contributed by atoms with E-state index in [-0.39, 0.29) is 17.7 Å². The molecule has 0 spiro atoms. The Kier molecular flexibility index (Phi) is 7.51. The maximum atomic E-state index is 11.9. The fourth-order valence-corrected chi connectivity index (χ4v) is 2.03. The Morgan fingerprint density at radius 3 is 2.20 bits per heavy atom. The summed E-state index contributed by atoms with van der Waals surface area (Å²) in [6, 6.07) is 0. The maximum absolute atomic E-state index is 11.9. The lowest BCUT2D eigenvalue weighted by molar-refractivity contribution is -0.142. The highest BCUT2D eigenvalue weighted by Crippen LogP contribution is 2.25. The number of aliphatic imine (C=N–C) groups is 1. The summed E-state index contributed by atoms with van der Waals surface area (Å²) >= 11 is 3.21. The third-order valence-corrected chi connectivity index (χ3v) is 3.20. The number of carbonyl (C=O) groups excluding carboxylic acids is 2. The number of unbranched alkanes of at least 4 members (excludes halogenated alkanes) is 2. The van der Waals surface area contributed by atoms with Crippen LogP contribution in [-0.4, -0.2) is 29.8 Å². The molecule has 0 aromatic heterocycles. The number of carbonyl (C=O) groups is 2. The van der Waals surface area contributed by atoms with Crippen molar-refractivity contribution in [2.75, 3.05) is 13.2 Å². The van der Waals surface area contributed by atoms with Gasteiger partial charge < -0.3 is 9.47 Å². The summed E-state index contributed by atoms with van der Waals surface area (Å²) in [6.07, 6.45) is 3.75. The van der Waals surface area contributed by atoms with Gasteiger partial charge in [0.2, 0.25) is 0 Å². The Labute approximate surface area is 127 Å². The minimum Gasteiger partial charge on any atom is -0.462 e. The molecule has 0 aromatic rings. The van der Waals surface area contributed by atoms with Gasteiger partial charge in [-0.05, 0) is 28.8 Å². The molecule has 0 unspecified atom stereocenters. The van der Waals surface area contributed by atoms with Gasteiger partial charge in [-0.25, -0.2) is 14.6 Å². The molecular formula is C14H20BrNO4. The molecule has 0 aromatic carbocycles. The molecule has 20 heavy (non-hydrogen) atoms. The summed E-state index contributed by atoms with van der Waals surface area (Å²) in [6.45, 7) is 4.71. The van der Waals surface area contributed by atoms with Crippen LogP contribution < -0.4 is 0 Å². The van der Waals surface area contributed by atoms with Crippen LogP contribution in [0.5, 0.6) is 0 Å². The molecule has 0 amide bonds. The molecule has 0 radical (unpaired) electrons. The van der Waals surface area contributed by atoms with Crippen molar-refractivity contribution in [2.45, 2.75) is 46.0 Å². The van der Waals surface area contributed by atoms with E-state index in [1.165, 1.54) is 0 Å². The van der Waals surface area contributed by atoms with Crippen molar-refractivity contribution in [3.05, 3.63) is 11.3 Å². The molecule has 0 bridgehead atoms. The molecule has 0 atom stereocenters. The lowest BCUT2D eigenvalue weighted by Crippen LogP contribution is -2.14. The Hall–Kier alpha value is -1.17. The largest absolute Gasteiger partial charge is 0.462 e. The van der Waals surface area contributed by atoms with E-state index in [1.807, 2.05) is 13.8 Å². The molecule has 6 heteroatoms. The second-order valence-corrected chi connectivity index (χ2v) is 5.39. The summed E-state index contributed by atoms with van der Waals surface area (Å²) in [7, 11) is 0. The number of hydrogen-bond donors (Lipinski definition) is 0. The molecule has 1 heterocycles. The van der Waals surface area contributed by atoms with E-state index >= 15 is 0 Å². The average Bonchev–Trinajstić information content (AvgIpc) is 2.81. The van der Waals surface area contributed by atoms with Gasteiger partial charge in [-0.3, -0.25) is 0 Å². The molecule has 5 nitrogen and oxygen atoms in total. The Bertz CT molecular complexity index is 429. The minimum absolute atomic E-state index is 0.0643. The van der Waals surface area contributed by atoms with Crippen molar-refractivity contribution in [1.82, 2.24) is 0 Å². The van der Waals surface area contributed by atoms with Crippen molar-refractivity contribution in [1.29, 1.82) is 0 Å². The minimum atomic E-state index is -0.560. The normalized spacial score (nSPS) is 14.2. The Balaban J connectivity index is 2.67. The molecule has 0 saturated carbocycles. The Morgan fingerprint density at radius 1 is 1.10 bits per heavy atom. The van der Waals surface area contributed by atoms with Gasteiger partial charge in [-0.1, -0.05) is 26.7 Å². The van der Waals surface area contributed by atoms with Gasteiger partial charge >= 0.3 is 11.9 Å². The summed E-state index contributed by atoms with van der Waals surface area (Å²) in [5, 5.41) is 0. The number of halogens is 1. The van der Waals surface area contributed by atoms with Gasteiger partial charge in [0, 0.05) is 6.42 Å². The van der Waals surface area contributed by atoms with Gasteiger partial charge in [-0.2, -0.15) is 0 Å². The van der Waals surface area contributed by atoms with Crippen LogP contribution in [0.4, 0.5) is 0 Å². The van der Waals surface area contributed by atoms with Gasteiger partial charge in [-0.15, -0.1) is 0 Å². The number of rotatable bonds is 8. The van der Waals surface area contributed by atoms with Gasteiger partial charge in [0.1, 0.15) is 0 Å². The number of esters is 2. The molecule has 0 fully saturated rings. The molecule has 1 rings (SSSR count). The SMILES string of the molecule is CCCCOC(=O)C1=C(C(=O)OCCCC)N=C(Br)C1. The second-order valence-electron chi connectivity index (χ2n) is 4.47. The predicted octanol–water partition coefficient (Wildman–Crippen LogP) is 3.12. The first-order valence-corrected chi connectivity index (χ1v) is 7.69. The molecule has 0 aliphatic carbocycles. The first-order valence-electron chi connectivity index (χ1n) is 6.90. The smallest absolute Gasteiger partial charge is 0.357 e. The fraction of sp³-hybridized carbons (Fsp3) is 0.643. The van der Waals surface area contributed by atoms with Crippen LogP contribution in [0, 0.1) is 0 Å². The zero-order valence-electron chi connectivity index (χ0n) is 11.9. The van der Waals surface area contributed by atoms with Crippen molar-refractivity contribution in [3.63, 3.8) is 0 Å². The third kappa shape index (κ3) is 5.07. The summed E-state index contributed by atoms with van der Waals surface area (Å²) < 4.78 is 10.8. The Morgan fingerprint density at radius 2 is 1.65 bits per heavy atom. The van der Waals surface area contributed by atoms with Crippen LogP contribution in [0.2, 0.25) is 0 Å². The maximum Gasteiger partial charge on any atom is 0.357 e. The zero-order valence-corrected chi connectivity index (χ0v) is 13.5. The van der Waals surface area contributed by atoms with Crippen LogP contribution in [0.25, 0.3) is 0 Å². The molecule has 0 saturated heterocycles. The predicted molar refractivity (Wildman–Crippen MR) is 79.7 cm³/mol. The summed E-state index contributed by atoms with van der Waals surface area (Å²) in [5.74, 6) is -1.05. The van der Waals surface area contributed by atoms with E-state index < -0.39 is 11.9 Å². The summed E-state index contributed by atoms with van der Waals surface area (Å²) in [5.41, 5.74) is 0.337. The van der Waals surface area contributed by atoms with Crippen LogP contribution in [0.1, 0.15) is 46.0 Å². The van der Waals surface area contributed by atoms with Crippen molar-refractivity contribution in [2.24, 2.45) is 4.99 Å². The molecule has 1 aliphatic heterocycles. The van der Waals surface area contributed by atoms with Crippen LogP contribution in [0.3, 0.4) is 0 Å². The highest BCUT2D eigenvalue weighted by Gasteiger charge is 2.29. The lowest BCUT2D eigenvalue weighted by atomic mass is 10.2. The van der Waals surface area contributed by atoms with Crippen molar-refractivity contribution in [3.8, 4) is 0 Å². The van der Waals surface area contributed by atoms with E-state index in [4.69, 9.17) is 9.47 Å². The van der Waals surface area contributed by atoms with Crippen LogP contribution >= 0.6 is 15.9 Å². The fourth-order valence-electron chi connectivity index (χ4n) is 1.57. The second kappa shape index (κ2) is 8.89. The van der Waals surface area contributed by atoms with Crippen molar-refractivity contribution < 1.29 is 19.1 Å². The van der Waals surface area contributed by atoms with Crippen LogP contribution in [-0.2, 0) is 19.1 Å².